The second-order valence-electron chi connectivity index (χ2n) is 6.57. The van der Waals surface area contributed by atoms with Crippen molar-refractivity contribution >= 4 is 27.4 Å². The van der Waals surface area contributed by atoms with E-state index in [-0.39, 0.29) is 6.61 Å². The zero-order chi connectivity index (χ0) is 19.5. The van der Waals surface area contributed by atoms with Gasteiger partial charge in [-0.25, -0.2) is 9.97 Å². The Morgan fingerprint density at radius 3 is 2.46 bits per heavy atom. The molecule has 0 fully saturated rings. The van der Waals surface area contributed by atoms with Gasteiger partial charge in [0.15, 0.2) is 0 Å². The highest BCUT2D eigenvalue weighted by molar-refractivity contribution is 7.21. The number of nitrogens with zero attached hydrogens (tertiary/aromatic N) is 2. The summed E-state index contributed by atoms with van der Waals surface area (Å²) in [5, 5.41) is 13.4. The van der Waals surface area contributed by atoms with Gasteiger partial charge in [0.1, 0.15) is 23.2 Å². The van der Waals surface area contributed by atoms with Crippen LogP contribution in [0.25, 0.3) is 31.9 Å². The minimum absolute atomic E-state index is 0.281. The van der Waals surface area contributed by atoms with Crippen LogP contribution < -0.4 is 10.1 Å². The Bertz CT molecular complexity index is 1070. The van der Waals surface area contributed by atoms with Gasteiger partial charge in [-0.2, -0.15) is 0 Å². The molecule has 0 spiro atoms. The van der Waals surface area contributed by atoms with Gasteiger partial charge in [0.25, 0.3) is 0 Å². The maximum atomic E-state index is 9.37. The Labute approximate surface area is 167 Å². The van der Waals surface area contributed by atoms with E-state index in [0.29, 0.717) is 0 Å². The fourth-order valence-corrected chi connectivity index (χ4v) is 3.85. The molecule has 4 aromatic rings. The minimum atomic E-state index is -0.490. The fraction of sp³-hybridized carbons (Fsp3) is 0.182. The van der Waals surface area contributed by atoms with Gasteiger partial charge in [0, 0.05) is 24.4 Å². The van der Waals surface area contributed by atoms with Crippen molar-refractivity contribution in [2.24, 2.45) is 0 Å². The lowest BCUT2D eigenvalue weighted by molar-refractivity contribution is 0.123. The van der Waals surface area contributed by atoms with Crippen molar-refractivity contribution in [2.45, 2.75) is 13.0 Å². The molecule has 4 rings (SSSR count). The lowest BCUT2D eigenvalue weighted by Crippen LogP contribution is -2.12. The quantitative estimate of drug-likeness (QED) is 0.493. The Balaban J connectivity index is 1.57. The third kappa shape index (κ3) is 3.98. The highest BCUT2D eigenvalue weighted by Gasteiger charge is 2.09. The first-order valence-electron chi connectivity index (χ1n) is 9.08. The van der Waals surface area contributed by atoms with Crippen molar-refractivity contribution in [2.75, 3.05) is 19.0 Å². The lowest BCUT2D eigenvalue weighted by atomic mass is 10.1. The maximum absolute atomic E-state index is 9.37. The molecule has 28 heavy (non-hydrogen) atoms. The molecule has 0 aliphatic carbocycles. The summed E-state index contributed by atoms with van der Waals surface area (Å²) in [5.74, 6) is 1.60. The summed E-state index contributed by atoms with van der Waals surface area (Å²) in [4.78, 5) is 9.11. The first-order valence-corrected chi connectivity index (χ1v) is 9.90. The van der Waals surface area contributed by atoms with E-state index >= 15 is 0 Å². The number of pyridine rings is 1. The van der Waals surface area contributed by atoms with Crippen LogP contribution >= 0.6 is 11.3 Å². The number of hydrogen-bond acceptors (Lipinski definition) is 6. The second kappa shape index (κ2) is 7.96. The van der Waals surface area contributed by atoms with Crippen molar-refractivity contribution in [1.29, 1.82) is 0 Å². The van der Waals surface area contributed by atoms with Crippen LogP contribution in [-0.2, 0) is 0 Å². The summed E-state index contributed by atoms with van der Waals surface area (Å²) in [6.45, 7) is 1.99. The van der Waals surface area contributed by atoms with Crippen molar-refractivity contribution in [3.8, 4) is 27.4 Å². The van der Waals surface area contributed by atoms with Crippen LogP contribution in [0.5, 0.6) is 5.75 Å². The van der Waals surface area contributed by atoms with Crippen molar-refractivity contribution in [3.05, 3.63) is 60.8 Å². The van der Waals surface area contributed by atoms with Crippen LogP contribution in [0.1, 0.15) is 6.92 Å². The topological polar surface area (TPSA) is 67.3 Å². The number of aliphatic hydroxyl groups is 1. The monoisotopic (exact) mass is 391 g/mol. The van der Waals surface area contributed by atoms with E-state index in [2.05, 4.69) is 40.6 Å². The van der Waals surface area contributed by atoms with Gasteiger partial charge < -0.3 is 15.2 Å². The molecule has 2 N–H and O–H groups in total. The molecule has 2 heterocycles. The van der Waals surface area contributed by atoms with Crippen molar-refractivity contribution in [1.82, 2.24) is 9.97 Å². The molecule has 2 aromatic heterocycles. The van der Waals surface area contributed by atoms with Crippen LogP contribution in [-0.4, -0.2) is 34.8 Å². The molecule has 0 bridgehead atoms. The molecule has 0 aliphatic rings. The van der Waals surface area contributed by atoms with Gasteiger partial charge in [-0.1, -0.05) is 24.3 Å². The third-order valence-corrected chi connectivity index (χ3v) is 5.40. The third-order valence-electron chi connectivity index (χ3n) is 4.34. The SMILES string of the molecule is CNc1ccc(-c2ccc(-c3nc4ccc(OC[C@@H](C)O)cc4s3)cc2)cn1. The molecule has 0 radical (unpaired) electrons. The molecule has 0 unspecified atom stereocenters. The van der Waals surface area contributed by atoms with Gasteiger partial charge in [0.05, 0.1) is 16.3 Å². The summed E-state index contributed by atoms with van der Waals surface area (Å²) >= 11 is 1.63. The summed E-state index contributed by atoms with van der Waals surface area (Å²) in [7, 11) is 1.86. The number of aromatic nitrogens is 2. The van der Waals surface area contributed by atoms with E-state index in [4.69, 9.17) is 9.72 Å². The maximum Gasteiger partial charge on any atom is 0.125 e. The Morgan fingerprint density at radius 2 is 1.79 bits per heavy atom. The molecule has 6 heteroatoms. The first-order chi connectivity index (χ1) is 13.6. The number of nitrogens with one attached hydrogen (secondary N) is 1. The predicted octanol–water partition coefficient (Wildman–Crippen LogP) is 4.83. The van der Waals surface area contributed by atoms with Crippen molar-refractivity contribution < 1.29 is 9.84 Å². The second-order valence-corrected chi connectivity index (χ2v) is 7.60. The molecular weight excluding hydrogens is 370 g/mol. The van der Waals surface area contributed by atoms with E-state index in [1.807, 2.05) is 37.5 Å². The molecule has 1 atom stereocenters. The normalized spacial score (nSPS) is 12.1. The van der Waals surface area contributed by atoms with E-state index in [1.165, 1.54) is 0 Å². The van der Waals surface area contributed by atoms with E-state index in [0.717, 1.165) is 43.5 Å². The summed E-state index contributed by atoms with van der Waals surface area (Å²) < 4.78 is 6.65. The van der Waals surface area contributed by atoms with Gasteiger partial charge in [-0.05, 0) is 42.8 Å². The zero-order valence-electron chi connectivity index (χ0n) is 15.7. The molecule has 142 valence electrons. The van der Waals surface area contributed by atoms with E-state index in [9.17, 15) is 5.11 Å². The molecule has 2 aromatic carbocycles. The number of benzene rings is 2. The molecular formula is C22H21N3O2S. The molecule has 0 amide bonds. The average Bonchev–Trinajstić information content (AvgIpc) is 3.16. The number of aliphatic hydroxyl groups excluding tert-OH is 1. The number of rotatable bonds is 6. The summed E-state index contributed by atoms with van der Waals surface area (Å²) in [6.07, 6.45) is 1.38. The number of ether oxygens (including phenoxy) is 1. The summed E-state index contributed by atoms with van der Waals surface area (Å²) in [6, 6.07) is 18.2. The lowest BCUT2D eigenvalue weighted by Gasteiger charge is -2.07. The fourth-order valence-electron chi connectivity index (χ4n) is 2.85. The highest BCUT2D eigenvalue weighted by Crippen LogP contribution is 2.33. The molecule has 0 saturated heterocycles. The Kier molecular flexibility index (Phi) is 5.23. The highest BCUT2D eigenvalue weighted by atomic mass is 32.1. The van der Waals surface area contributed by atoms with Crippen LogP contribution in [0, 0.1) is 0 Å². The smallest absolute Gasteiger partial charge is 0.125 e. The number of hydrogen-bond donors (Lipinski definition) is 2. The van der Waals surface area contributed by atoms with Gasteiger partial charge in [0.2, 0.25) is 0 Å². The molecule has 5 nitrogen and oxygen atoms in total. The number of anilines is 1. The molecule has 0 aliphatic heterocycles. The standard InChI is InChI=1S/C22H21N3O2S/c1-14(26)13-27-18-8-9-19-20(11-18)28-22(25-19)16-5-3-15(4-6-16)17-7-10-21(23-2)24-12-17/h3-12,14,26H,13H2,1-2H3,(H,23,24)/t14-/m1/s1. The van der Waals surface area contributed by atoms with Gasteiger partial charge in [-0.3, -0.25) is 0 Å². The van der Waals surface area contributed by atoms with Crippen LogP contribution in [0.2, 0.25) is 0 Å². The minimum Gasteiger partial charge on any atom is -0.491 e. The largest absolute Gasteiger partial charge is 0.491 e. The van der Waals surface area contributed by atoms with Crippen LogP contribution in [0.15, 0.2) is 60.8 Å². The molecule has 0 saturated carbocycles. The summed E-state index contributed by atoms with van der Waals surface area (Å²) in [5.41, 5.74) is 4.22. The zero-order valence-corrected chi connectivity index (χ0v) is 16.5. The van der Waals surface area contributed by atoms with Gasteiger partial charge in [-0.15, -0.1) is 11.3 Å². The Morgan fingerprint density at radius 1 is 1.04 bits per heavy atom. The van der Waals surface area contributed by atoms with Crippen molar-refractivity contribution in [3.63, 3.8) is 0 Å². The van der Waals surface area contributed by atoms with Gasteiger partial charge >= 0.3 is 0 Å². The van der Waals surface area contributed by atoms with Crippen LogP contribution in [0.3, 0.4) is 0 Å². The first kappa shape index (κ1) is 18.4. The van der Waals surface area contributed by atoms with Crippen LogP contribution in [0.4, 0.5) is 5.82 Å². The Hall–Kier alpha value is -2.96. The average molecular weight is 391 g/mol. The van der Waals surface area contributed by atoms with E-state index in [1.54, 1.807) is 18.3 Å². The predicted molar refractivity (Wildman–Crippen MR) is 115 cm³/mol. The number of fused-ring (bicyclic) bond motifs is 1. The van der Waals surface area contributed by atoms with E-state index < -0.39 is 6.10 Å². The number of thiazole rings is 1.